The van der Waals surface area contributed by atoms with Crippen molar-refractivity contribution < 1.29 is 0 Å². The van der Waals surface area contributed by atoms with Crippen molar-refractivity contribution in [3.05, 3.63) is 64.5 Å². The van der Waals surface area contributed by atoms with Gasteiger partial charge in [0.1, 0.15) is 5.82 Å². The van der Waals surface area contributed by atoms with Gasteiger partial charge in [-0.1, -0.05) is 12.1 Å². The number of allylic oxidation sites excluding steroid dienone is 1. The summed E-state index contributed by atoms with van der Waals surface area (Å²) in [7, 11) is 2.19. The molecule has 0 amide bonds. The van der Waals surface area contributed by atoms with Gasteiger partial charge in [-0.2, -0.15) is 5.10 Å². The Kier molecular flexibility index (Phi) is 5.23. The van der Waals surface area contributed by atoms with Crippen LogP contribution in [0.25, 0.3) is 27.6 Å². The maximum Gasteiger partial charge on any atom is 0.130 e. The molecule has 1 saturated carbocycles. The lowest BCUT2D eigenvalue weighted by Gasteiger charge is -2.28. The smallest absolute Gasteiger partial charge is 0.130 e. The van der Waals surface area contributed by atoms with E-state index in [1.165, 1.54) is 32.7 Å². The van der Waals surface area contributed by atoms with Crippen LogP contribution in [0, 0.1) is 6.92 Å². The third kappa shape index (κ3) is 4.30. The summed E-state index contributed by atoms with van der Waals surface area (Å²) in [4.78, 5) is 12.7. The number of nitrogens with one attached hydrogen (secondary N) is 1. The van der Waals surface area contributed by atoms with Gasteiger partial charge in [-0.3, -0.25) is 4.68 Å². The molecule has 6 nitrogen and oxygen atoms in total. The van der Waals surface area contributed by atoms with E-state index < -0.39 is 0 Å². The van der Waals surface area contributed by atoms with Crippen molar-refractivity contribution in [1.82, 2.24) is 24.6 Å². The number of pyridine rings is 1. The third-order valence-electron chi connectivity index (χ3n) is 6.69. The van der Waals surface area contributed by atoms with Gasteiger partial charge in [0.2, 0.25) is 0 Å². The number of hydrogen-bond donors (Lipinski definition) is 1. The Bertz CT molecular complexity index is 1340. The molecule has 0 unspecified atom stereocenters. The summed E-state index contributed by atoms with van der Waals surface area (Å²) in [6, 6.07) is 9.22. The van der Waals surface area contributed by atoms with Crippen molar-refractivity contribution in [2.24, 2.45) is 0 Å². The minimum Gasteiger partial charge on any atom is -0.339 e. The van der Waals surface area contributed by atoms with Crippen molar-refractivity contribution in [3.63, 3.8) is 0 Å². The van der Waals surface area contributed by atoms with Gasteiger partial charge in [0, 0.05) is 29.5 Å². The van der Waals surface area contributed by atoms with Crippen molar-refractivity contribution in [2.45, 2.75) is 38.6 Å². The summed E-state index contributed by atoms with van der Waals surface area (Å²) in [5.41, 5.74) is 5.00. The molecule has 1 aliphatic heterocycles. The summed E-state index contributed by atoms with van der Waals surface area (Å²) >= 11 is 1.73. The number of fused-ring (bicyclic) bond motifs is 1. The number of benzene rings is 1. The molecule has 1 aliphatic carbocycles. The maximum atomic E-state index is 4.70. The van der Waals surface area contributed by atoms with Gasteiger partial charge in [-0.25, -0.2) is 9.97 Å². The highest BCUT2D eigenvalue weighted by Crippen LogP contribution is 2.38. The standard InChI is InChI=1S/C26H28N6S/c1-17-27-15-24(33-17)26(18-3-4-18)30-25-12-21-11-19(5-6-20(21)13-28-25)22-14-29-32(16-22)23-7-9-31(2)10-8-23/h5-6,11-16,23H,3-4,7-10H2,1-2H3,(H,28,30). The highest BCUT2D eigenvalue weighted by atomic mass is 32.1. The number of thiazole rings is 1. The minimum atomic E-state index is 0.500. The van der Waals surface area contributed by atoms with Crippen molar-refractivity contribution >= 4 is 33.6 Å². The first kappa shape index (κ1) is 20.6. The van der Waals surface area contributed by atoms with E-state index in [0.717, 1.165) is 55.0 Å². The number of likely N-dealkylation sites (tertiary alicyclic amines) is 1. The topological polar surface area (TPSA) is 58.9 Å². The van der Waals surface area contributed by atoms with Crippen LogP contribution in [0.3, 0.4) is 0 Å². The molecular weight excluding hydrogens is 428 g/mol. The van der Waals surface area contributed by atoms with Crippen LogP contribution in [0.4, 0.5) is 5.82 Å². The quantitative estimate of drug-likeness (QED) is 0.415. The molecule has 1 N–H and O–H groups in total. The predicted octanol–water partition coefficient (Wildman–Crippen LogP) is 5.75. The first-order valence-corrected chi connectivity index (χ1v) is 12.5. The zero-order chi connectivity index (χ0) is 22.4. The molecule has 7 heteroatoms. The van der Waals surface area contributed by atoms with Gasteiger partial charge in [0.05, 0.1) is 27.8 Å². The second-order valence-corrected chi connectivity index (χ2v) is 10.5. The molecule has 2 aliphatic rings. The second kappa shape index (κ2) is 8.39. The lowest BCUT2D eigenvalue weighted by atomic mass is 10.0. The number of rotatable bonds is 5. The van der Waals surface area contributed by atoms with E-state index in [9.17, 15) is 0 Å². The van der Waals surface area contributed by atoms with E-state index in [-0.39, 0.29) is 0 Å². The maximum absolute atomic E-state index is 4.70. The van der Waals surface area contributed by atoms with Gasteiger partial charge < -0.3 is 10.2 Å². The van der Waals surface area contributed by atoms with Crippen LogP contribution in [0.2, 0.25) is 0 Å². The number of anilines is 1. The Morgan fingerprint density at radius 3 is 2.61 bits per heavy atom. The molecule has 1 saturated heterocycles. The van der Waals surface area contributed by atoms with Crippen LogP contribution >= 0.6 is 11.3 Å². The molecule has 4 heterocycles. The van der Waals surface area contributed by atoms with Gasteiger partial charge in [-0.05, 0) is 81.4 Å². The fourth-order valence-electron chi connectivity index (χ4n) is 4.58. The molecule has 1 aromatic carbocycles. The fraction of sp³-hybridized carbons (Fsp3) is 0.346. The average molecular weight is 457 g/mol. The zero-order valence-corrected chi connectivity index (χ0v) is 19.9. The summed E-state index contributed by atoms with van der Waals surface area (Å²) in [6.45, 7) is 4.32. The Morgan fingerprint density at radius 2 is 1.85 bits per heavy atom. The Morgan fingerprint density at radius 1 is 1.00 bits per heavy atom. The number of aryl methyl sites for hydroxylation is 1. The van der Waals surface area contributed by atoms with E-state index in [1.807, 2.05) is 25.5 Å². The van der Waals surface area contributed by atoms with Crippen molar-refractivity contribution in [2.75, 3.05) is 25.5 Å². The van der Waals surface area contributed by atoms with Crippen LogP contribution in [0.15, 0.2) is 54.6 Å². The highest BCUT2D eigenvalue weighted by molar-refractivity contribution is 7.12. The van der Waals surface area contributed by atoms with Crippen molar-refractivity contribution in [3.8, 4) is 11.1 Å². The first-order chi connectivity index (χ1) is 16.1. The molecule has 0 bridgehead atoms. The fourth-order valence-corrected chi connectivity index (χ4v) is 5.40. The van der Waals surface area contributed by atoms with Gasteiger partial charge >= 0.3 is 0 Å². The predicted molar refractivity (Wildman–Crippen MR) is 135 cm³/mol. The van der Waals surface area contributed by atoms with Crippen LogP contribution in [0.1, 0.15) is 41.6 Å². The van der Waals surface area contributed by atoms with Crippen molar-refractivity contribution in [1.29, 1.82) is 0 Å². The van der Waals surface area contributed by atoms with Gasteiger partial charge in [-0.15, -0.1) is 11.3 Å². The normalized spacial score (nSPS) is 17.0. The summed E-state index contributed by atoms with van der Waals surface area (Å²) < 4.78 is 2.16. The molecule has 2 fully saturated rings. The van der Waals surface area contributed by atoms with Crippen LogP contribution in [-0.2, 0) is 0 Å². The number of piperidine rings is 1. The number of hydrogen-bond acceptors (Lipinski definition) is 6. The number of nitrogens with zero attached hydrogens (tertiary/aromatic N) is 5. The van der Waals surface area contributed by atoms with Crippen LogP contribution < -0.4 is 5.32 Å². The Labute approximate surface area is 198 Å². The molecule has 0 spiro atoms. The first-order valence-electron chi connectivity index (χ1n) is 11.7. The second-order valence-electron chi connectivity index (χ2n) is 9.22. The lowest BCUT2D eigenvalue weighted by molar-refractivity contribution is 0.212. The summed E-state index contributed by atoms with van der Waals surface area (Å²) in [6.07, 6.45) is 12.8. The van der Waals surface area contributed by atoms with Crippen LogP contribution in [-0.4, -0.2) is 44.8 Å². The molecule has 6 rings (SSSR count). The minimum absolute atomic E-state index is 0.500. The SMILES string of the molecule is Cc1ncc(C(Nc2cc3cc(-c4cnn(C5CCN(C)CC5)c4)ccc3cn2)=C2CC2)s1. The molecule has 33 heavy (non-hydrogen) atoms. The monoisotopic (exact) mass is 456 g/mol. The van der Waals surface area contributed by atoms with E-state index in [1.54, 1.807) is 11.3 Å². The summed E-state index contributed by atoms with van der Waals surface area (Å²) in [5.74, 6) is 0.877. The molecule has 168 valence electrons. The van der Waals surface area contributed by atoms with Gasteiger partial charge in [0.25, 0.3) is 0 Å². The molecule has 0 atom stereocenters. The highest BCUT2D eigenvalue weighted by Gasteiger charge is 2.21. The molecule has 0 radical (unpaired) electrons. The summed E-state index contributed by atoms with van der Waals surface area (Å²) in [5, 5.41) is 11.7. The van der Waals surface area contributed by atoms with Gasteiger partial charge in [0.15, 0.2) is 0 Å². The third-order valence-corrected chi connectivity index (χ3v) is 7.62. The van der Waals surface area contributed by atoms with E-state index in [4.69, 9.17) is 5.10 Å². The molecule has 3 aromatic heterocycles. The van der Waals surface area contributed by atoms with E-state index in [2.05, 4.69) is 62.4 Å². The zero-order valence-electron chi connectivity index (χ0n) is 19.1. The molecule has 4 aromatic rings. The van der Waals surface area contributed by atoms with Crippen LogP contribution in [0.5, 0.6) is 0 Å². The average Bonchev–Trinajstić information content (AvgIpc) is 3.38. The molecular formula is C26H28N6S. The Balaban J connectivity index is 1.27. The number of aromatic nitrogens is 4. The van der Waals surface area contributed by atoms with E-state index in [0.29, 0.717) is 6.04 Å². The Hall–Kier alpha value is -3.03. The lowest BCUT2D eigenvalue weighted by Crippen LogP contribution is -2.31. The van der Waals surface area contributed by atoms with E-state index >= 15 is 0 Å². The largest absolute Gasteiger partial charge is 0.339 e.